The molecule has 0 fully saturated rings. The maximum absolute atomic E-state index is 9.35. The number of aromatic hydroxyl groups is 1. The van der Waals surface area contributed by atoms with E-state index in [1.54, 1.807) is 18.2 Å². The number of aliphatic imine (C=N–C) groups is 1. The monoisotopic (exact) mass is 220 g/mol. The highest BCUT2D eigenvalue weighted by molar-refractivity contribution is 5.95. The van der Waals surface area contributed by atoms with Crippen LogP contribution in [0.3, 0.4) is 0 Å². The van der Waals surface area contributed by atoms with Crippen molar-refractivity contribution in [1.82, 2.24) is 0 Å². The van der Waals surface area contributed by atoms with Gasteiger partial charge in [0.1, 0.15) is 12.4 Å². The average Bonchev–Trinajstić information content (AvgIpc) is 2.75. The molecular formula is C12H16N2O2. The van der Waals surface area contributed by atoms with E-state index in [0.29, 0.717) is 19.0 Å². The third kappa shape index (κ3) is 2.52. The van der Waals surface area contributed by atoms with E-state index < -0.39 is 0 Å². The van der Waals surface area contributed by atoms with Crippen LogP contribution >= 0.6 is 0 Å². The zero-order chi connectivity index (χ0) is 11.4. The van der Waals surface area contributed by atoms with Gasteiger partial charge in [0.25, 0.3) is 0 Å². The molecule has 1 heterocycles. The second kappa shape index (κ2) is 4.99. The third-order valence-corrected chi connectivity index (χ3v) is 2.55. The molecule has 2 rings (SSSR count). The summed E-state index contributed by atoms with van der Waals surface area (Å²) in [6, 6.07) is 7.16. The van der Waals surface area contributed by atoms with Gasteiger partial charge in [0.05, 0.1) is 6.04 Å². The van der Waals surface area contributed by atoms with Crippen molar-refractivity contribution in [3.63, 3.8) is 0 Å². The molecule has 3 N–H and O–H groups in total. The number of nitrogens with two attached hydrogens (primary N) is 1. The summed E-state index contributed by atoms with van der Waals surface area (Å²) in [7, 11) is 0. The number of rotatable bonds is 4. The van der Waals surface area contributed by atoms with E-state index >= 15 is 0 Å². The molecule has 86 valence electrons. The minimum absolute atomic E-state index is 0.209. The van der Waals surface area contributed by atoms with Gasteiger partial charge in [-0.2, -0.15) is 0 Å². The summed E-state index contributed by atoms with van der Waals surface area (Å²) in [5, 5.41) is 9.35. The van der Waals surface area contributed by atoms with E-state index in [1.165, 1.54) is 0 Å². The highest BCUT2D eigenvalue weighted by Crippen LogP contribution is 2.18. The molecule has 0 spiro atoms. The number of benzene rings is 1. The van der Waals surface area contributed by atoms with Gasteiger partial charge in [-0.15, -0.1) is 0 Å². The zero-order valence-electron chi connectivity index (χ0n) is 9.10. The molecule has 1 aromatic carbocycles. The minimum atomic E-state index is 0.209. The molecule has 1 aliphatic heterocycles. The molecule has 1 aromatic rings. The summed E-state index contributed by atoms with van der Waals surface area (Å²) >= 11 is 0. The fourth-order valence-electron chi connectivity index (χ4n) is 1.71. The molecule has 0 bridgehead atoms. The molecule has 0 aliphatic carbocycles. The standard InChI is InChI=1S/C12H16N2O2/c13-6-2-4-10-8-16-12(14-10)9-3-1-5-11(15)7-9/h1,3,5,7,10,15H,2,4,6,8,13H2. The molecule has 1 aliphatic rings. The molecule has 0 saturated carbocycles. The van der Waals surface area contributed by atoms with Crippen molar-refractivity contribution in [2.45, 2.75) is 18.9 Å². The normalized spacial score (nSPS) is 19.3. The molecule has 1 atom stereocenters. The number of nitrogens with zero attached hydrogens (tertiary/aromatic N) is 1. The van der Waals surface area contributed by atoms with Crippen LogP contribution in [0.1, 0.15) is 18.4 Å². The number of phenols is 1. The minimum Gasteiger partial charge on any atom is -0.508 e. The van der Waals surface area contributed by atoms with Gasteiger partial charge in [0, 0.05) is 5.56 Å². The quantitative estimate of drug-likeness (QED) is 0.803. The summed E-state index contributed by atoms with van der Waals surface area (Å²) in [5.74, 6) is 0.854. The lowest BCUT2D eigenvalue weighted by Crippen LogP contribution is -2.09. The van der Waals surface area contributed by atoms with Crippen LogP contribution in [-0.4, -0.2) is 30.2 Å². The largest absolute Gasteiger partial charge is 0.508 e. The fourth-order valence-corrected chi connectivity index (χ4v) is 1.71. The maximum Gasteiger partial charge on any atom is 0.216 e. The first kappa shape index (κ1) is 11.0. The van der Waals surface area contributed by atoms with Crippen molar-refractivity contribution >= 4 is 5.90 Å². The van der Waals surface area contributed by atoms with Crippen molar-refractivity contribution in [1.29, 1.82) is 0 Å². The van der Waals surface area contributed by atoms with Crippen LogP contribution in [0.25, 0.3) is 0 Å². The van der Waals surface area contributed by atoms with Crippen LogP contribution in [-0.2, 0) is 4.74 Å². The molecule has 0 radical (unpaired) electrons. The Morgan fingerprint density at radius 3 is 3.12 bits per heavy atom. The Hall–Kier alpha value is -1.55. The van der Waals surface area contributed by atoms with Crippen LogP contribution in [0.15, 0.2) is 29.3 Å². The fraction of sp³-hybridized carbons (Fsp3) is 0.417. The van der Waals surface area contributed by atoms with Gasteiger partial charge >= 0.3 is 0 Å². The van der Waals surface area contributed by atoms with E-state index in [1.807, 2.05) is 6.07 Å². The Morgan fingerprint density at radius 1 is 1.50 bits per heavy atom. The Bertz CT molecular complexity index is 390. The lowest BCUT2D eigenvalue weighted by Gasteiger charge is -2.01. The summed E-state index contributed by atoms with van der Waals surface area (Å²) in [4.78, 5) is 4.46. The van der Waals surface area contributed by atoms with Crippen LogP contribution in [0.2, 0.25) is 0 Å². The third-order valence-electron chi connectivity index (χ3n) is 2.55. The average molecular weight is 220 g/mol. The first-order chi connectivity index (χ1) is 7.79. The van der Waals surface area contributed by atoms with Gasteiger partial charge in [0.2, 0.25) is 5.90 Å². The first-order valence-electron chi connectivity index (χ1n) is 5.49. The molecule has 0 amide bonds. The van der Waals surface area contributed by atoms with Crippen LogP contribution in [0.4, 0.5) is 0 Å². The second-order valence-corrected chi connectivity index (χ2v) is 3.88. The maximum atomic E-state index is 9.35. The summed E-state index contributed by atoms with van der Waals surface area (Å²) in [6.07, 6.45) is 1.92. The van der Waals surface area contributed by atoms with Crippen LogP contribution in [0.5, 0.6) is 5.75 Å². The van der Waals surface area contributed by atoms with E-state index in [9.17, 15) is 5.11 Å². The predicted molar refractivity (Wildman–Crippen MR) is 62.7 cm³/mol. The van der Waals surface area contributed by atoms with Crippen molar-refractivity contribution < 1.29 is 9.84 Å². The molecule has 0 saturated heterocycles. The zero-order valence-corrected chi connectivity index (χ0v) is 9.10. The molecule has 4 heteroatoms. The molecular weight excluding hydrogens is 204 g/mol. The van der Waals surface area contributed by atoms with Crippen molar-refractivity contribution in [2.24, 2.45) is 10.7 Å². The van der Waals surface area contributed by atoms with Gasteiger partial charge in [-0.05, 0) is 37.6 Å². The van der Waals surface area contributed by atoms with Gasteiger partial charge in [0.15, 0.2) is 0 Å². The highest BCUT2D eigenvalue weighted by atomic mass is 16.5. The SMILES string of the molecule is NCCCC1COC(c2cccc(O)c2)=N1. The second-order valence-electron chi connectivity index (χ2n) is 3.88. The Balaban J connectivity index is 2.06. The first-order valence-corrected chi connectivity index (χ1v) is 5.49. The topological polar surface area (TPSA) is 67.8 Å². The predicted octanol–water partition coefficient (Wildman–Crippen LogP) is 1.28. The van der Waals surface area contributed by atoms with E-state index in [2.05, 4.69) is 4.99 Å². The highest BCUT2D eigenvalue weighted by Gasteiger charge is 2.19. The van der Waals surface area contributed by atoms with Crippen LogP contribution < -0.4 is 5.73 Å². The Labute approximate surface area is 94.8 Å². The molecule has 16 heavy (non-hydrogen) atoms. The van der Waals surface area contributed by atoms with E-state index in [-0.39, 0.29) is 11.8 Å². The van der Waals surface area contributed by atoms with Gasteiger partial charge < -0.3 is 15.6 Å². The molecule has 0 aromatic heterocycles. The smallest absolute Gasteiger partial charge is 0.216 e. The Morgan fingerprint density at radius 2 is 2.38 bits per heavy atom. The van der Waals surface area contributed by atoms with E-state index in [4.69, 9.17) is 10.5 Å². The summed E-state index contributed by atoms with van der Waals surface area (Å²) in [6.45, 7) is 1.30. The summed E-state index contributed by atoms with van der Waals surface area (Å²) < 4.78 is 5.50. The van der Waals surface area contributed by atoms with Gasteiger partial charge in [-0.25, -0.2) is 4.99 Å². The number of phenolic OH excluding ortho intramolecular Hbond substituents is 1. The lowest BCUT2D eigenvalue weighted by atomic mass is 10.2. The van der Waals surface area contributed by atoms with Crippen molar-refractivity contribution in [3.8, 4) is 5.75 Å². The van der Waals surface area contributed by atoms with Gasteiger partial charge in [-0.1, -0.05) is 6.07 Å². The van der Waals surface area contributed by atoms with Crippen LogP contribution in [0, 0.1) is 0 Å². The van der Waals surface area contributed by atoms with E-state index in [0.717, 1.165) is 18.4 Å². The number of hydrogen-bond acceptors (Lipinski definition) is 4. The molecule has 1 unspecified atom stereocenters. The van der Waals surface area contributed by atoms with Crippen molar-refractivity contribution in [2.75, 3.05) is 13.2 Å². The number of ether oxygens (including phenoxy) is 1. The van der Waals surface area contributed by atoms with Gasteiger partial charge in [-0.3, -0.25) is 0 Å². The summed E-state index contributed by atoms with van der Waals surface area (Å²) in [5.41, 5.74) is 6.28. The Kier molecular flexibility index (Phi) is 3.41. The number of hydrogen-bond donors (Lipinski definition) is 2. The van der Waals surface area contributed by atoms with Crippen molar-refractivity contribution in [3.05, 3.63) is 29.8 Å². The lowest BCUT2D eigenvalue weighted by molar-refractivity contribution is 0.310. The molecule has 4 nitrogen and oxygen atoms in total.